The lowest BCUT2D eigenvalue weighted by atomic mass is 10.0. The van der Waals surface area contributed by atoms with Crippen LogP contribution >= 0.6 is 0 Å². The molecule has 2 heteroatoms. The maximum atomic E-state index is 13.7. The molecular weight excluding hydrogens is 201 g/mol. The minimum atomic E-state index is -0.364. The summed E-state index contributed by atoms with van der Waals surface area (Å²) in [5.41, 5.74) is 2.29. The number of hydrogen-bond donors (Lipinski definition) is 0. The molecule has 1 nitrogen and oxygen atoms in total. The first kappa shape index (κ1) is 10.8. The molecular formula is C14H14FN. The first-order chi connectivity index (χ1) is 7.68. The van der Waals surface area contributed by atoms with Crippen LogP contribution in [0.3, 0.4) is 0 Å². The number of benzene rings is 1. The molecule has 0 N–H and O–H groups in total. The molecule has 0 aliphatic heterocycles. The topological polar surface area (TPSA) is 12.9 Å². The predicted octanol–water partition coefficient (Wildman–Crippen LogP) is 4.01. The first-order valence-electron chi connectivity index (χ1n) is 5.40. The Kier molecular flexibility index (Phi) is 3.00. The molecule has 1 aromatic heterocycles. The van der Waals surface area contributed by atoms with E-state index in [1.165, 1.54) is 0 Å². The van der Waals surface area contributed by atoms with Gasteiger partial charge in [-0.15, -0.1) is 0 Å². The molecule has 0 radical (unpaired) electrons. The zero-order valence-corrected chi connectivity index (χ0v) is 9.44. The van der Waals surface area contributed by atoms with Crippen molar-refractivity contribution in [2.75, 3.05) is 0 Å². The maximum absolute atomic E-state index is 13.7. The van der Waals surface area contributed by atoms with Gasteiger partial charge in [0.25, 0.3) is 0 Å². The average molecular weight is 215 g/mol. The Morgan fingerprint density at radius 1 is 1.00 bits per heavy atom. The van der Waals surface area contributed by atoms with Crippen LogP contribution in [-0.4, -0.2) is 4.98 Å². The van der Waals surface area contributed by atoms with Crippen molar-refractivity contribution in [2.24, 2.45) is 0 Å². The van der Waals surface area contributed by atoms with E-state index in [1.807, 2.05) is 56.3 Å². The third kappa shape index (κ3) is 2.11. The van der Waals surface area contributed by atoms with Gasteiger partial charge in [0.1, 0.15) is 0 Å². The molecule has 0 aliphatic rings. The molecule has 2 aromatic rings. The summed E-state index contributed by atoms with van der Waals surface area (Å²) in [5.74, 6) is -0.200. The Morgan fingerprint density at radius 3 is 2.25 bits per heavy atom. The molecule has 0 atom stereocenters. The van der Waals surface area contributed by atoms with Crippen LogP contribution in [0.1, 0.15) is 25.3 Å². The minimum absolute atomic E-state index is 0.164. The molecule has 0 unspecified atom stereocenters. The van der Waals surface area contributed by atoms with Gasteiger partial charge in [-0.2, -0.15) is 4.39 Å². The lowest BCUT2D eigenvalue weighted by molar-refractivity contribution is 0.558. The monoisotopic (exact) mass is 215 g/mol. The molecule has 0 bridgehead atoms. The number of hydrogen-bond acceptors (Lipinski definition) is 1. The van der Waals surface area contributed by atoms with Crippen LogP contribution in [0.25, 0.3) is 11.3 Å². The van der Waals surface area contributed by atoms with Crippen LogP contribution in [-0.2, 0) is 0 Å². The summed E-state index contributed by atoms with van der Waals surface area (Å²) in [6.07, 6.45) is 0. The Balaban J connectivity index is 2.43. The Bertz CT molecular complexity index is 477. The third-order valence-electron chi connectivity index (χ3n) is 2.57. The van der Waals surface area contributed by atoms with Gasteiger partial charge in [-0.1, -0.05) is 50.2 Å². The van der Waals surface area contributed by atoms with Crippen molar-refractivity contribution in [1.29, 1.82) is 0 Å². The van der Waals surface area contributed by atoms with E-state index in [0.29, 0.717) is 11.3 Å². The molecule has 0 saturated heterocycles. The highest BCUT2D eigenvalue weighted by Gasteiger charge is 2.09. The number of halogens is 1. The summed E-state index contributed by atoms with van der Waals surface area (Å²) < 4.78 is 13.7. The van der Waals surface area contributed by atoms with E-state index in [2.05, 4.69) is 4.98 Å². The van der Waals surface area contributed by atoms with E-state index < -0.39 is 0 Å². The largest absolute Gasteiger partial charge is 0.219 e. The molecule has 0 fully saturated rings. The van der Waals surface area contributed by atoms with Crippen LogP contribution in [0.4, 0.5) is 4.39 Å². The number of rotatable bonds is 2. The summed E-state index contributed by atoms with van der Waals surface area (Å²) in [5, 5.41) is 0. The van der Waals surface area contributed by atoms with E-state index in [1.54, 1.807) is 0 Å². The Labute approximate surface area is 95.0 Å². The molecule has 2 rings (SSSR count). The molecule has 0 spiro atoms. The van der Waals surface area contributed by atoms with E-state index in [4.69, 9.17) is 0 Å². The van der Waals surface area contributed by atoms with Crippen molar-refractivity contribution in [3.05, 3.63) is 54.0 Å². The highest BCUT2D eigenvalue weighted by atomic mass is 19.1. The van der Waals surface area contributed by atoms with E-state index >= 15 is 0 Å². The zero-order chi connectivity index (χ0) is 11.5. The second-order valence-corrected chi connectivity index (χ2v) is 4.10. The van der Waals surface area contributed by atoms with Gasteiger partial charge < -0.3 is 0 Å². The SMILES string of the molecule is CC(C)c1ccc(-c2ccccc2)nc1F. The fraction of sp³-hybridized carbons (Fsp3) is 0.214. The second-order valence-electron chi connectivity index (χ2n) is 4.10. The highest BCUT2D eigenvalue weighted by molar-refractivity contribution is 5.58. The first-order valence-corrected chi connectivity index (χ1v) is 5.40. The Hall–Kier alpha value is -1.70. The van der Waals surface area contributed by atoms with Crippen LogP contribution in [0.5, 0.6) is 0 Å². The van der Waals surface area contributed by atoms with E-state index in [-0.39, 0.29) is 11.9 Å². The molecule has 0 saturated carbocycles. The predicted molar refractivity (Wildman–Crippen MR) is 63.7 cm³/mol. The molecule has 1 heterocycles. The molecule has 1 aromatic carbocycles. The van der Waals surface area contributed by atoms with Crippen molar-refractivity contribution < 1.29 is 4.39 Å². The van der Waals surface area contributed by atoms with Gasteiger partial charge in [0.15, 0.2) is 0 Å². The van der Waals surface area contributed by atoms with Crippen LogP contribution in [0, 0.1) is 5.95 Å². The summed E-state index contributed by atoms with van der Waals surface area (Å²) in [6.45, 7) is 3.92. The standard InChI is InChI=1S/C14H14FN/c1-10(2)12-8-9-13(16-14(12)15)11-6-4-3-5-7-11/h3-10H,1-2H3. The van der Waals surface area contributed by atoms with Crippen molar-refractivity contribution in [3.63, 3.8) is 0 Å². The van der Waals surface area contributed by atoms with Gasteiger partial charge in [0.2, 0.25) is 5.95 Å². The van der Waals surface area contributed by atoms with Crippen LogP contribution < -0.4 is 0 Å². The number of nitrogens with zero attached hydrogens (tertiary/aromatic N) is 1. The summed E-state index contributed by atoms with van der Waals surface area (Å²) >= 11 is 0. The smallest absolute Gasteiger partial charge is 0.216 e. The maximum Gasteiger partial charge on any atom is 0.216 e. The summed E-state index contributed by atoms with van der Waals surface area (Å²) in [7, 11) is 0. The second kappa shape index (κ2) is 4.44. The molecule has 0 amide bonds. The average Bonchev–Trinajstić information content (AvgIpc) is 2.29. The highest BCUT2D eigenvalue weighted by Crippen LogP contribution is 2.22. The van der Waals surface area contributed by atoms with E-state index in [9.17, 15) is 4.39 Å². The van der Waals surface area contributed by atoms with Gasteiger partial charge in [-0.25, -0.2) is 4.98 Å². The summed E-state index contributed by atoms with van der Waals surface area (Å²) in [4.78, 5) is 4.00. The van der Waals surface area contributed by atoms with E-state index in [0.717, 1.165) is 5.56 Å². The normalized spacial score (nSPS) is 10.8. The number of pyridine rings is 1. The lowest BCUT2D eigenvalue weighted by Gasteiger charge is -2.07. The van der Waals surface area contributed by atoms with Crippen LogP contribution in [0.2, 0.25) is 0 Å². The van der Waals surface area contributed by atoms with Crippen LogP contribution in [0.15, 0.2) is 42.5 Å². The van der Waals surface area contributed by atoms with Gasteiger partial charge in [0, 0.05) is 11.1 Å². The van der Waals surface area contributed by atoms with Gasteiger partial charge in [0.05, 0.1) is 5.69 Å². The van der Waals surface area contributed by atoms with Gasteiger partial charge in [-0.05, 0) is 12.0 Å². The van der Waals surface area contributed by atoms with Crippen molar-refractivity contribution in [2.45, 2.75) is 19.8 Å². The fourth-order valence-corrected chi connectivity index (χ4v) is 1.65. The van der Waals surface area contributed by atoms with Crippen molar-refractivity contribution in [1.82, 2.24) is 4.98 Å². The third-order valence-corrected chi connectivity index (χ3v) is 2.57. The molecule has 0 aliphatic carbocycles. The summed E-state index contributed by atoms with van der Waals surface area (Å²) in [6, 6.07) is 13.3. The van der Waals surface area contributed by atoms with Gasteiger partial charge >= 0.3 is 0 Å². The Morgan fingerprint density at radius 2 is 1.69 bits per heavy atom. The van der Waals surface area contributed by atoms with Crippen molar-refractivity contribution in [3.8, 4) is 11.3 Å². The number of aromatic nitrogens is 1. The lowest BCUT2D eigenvalue weighted by Crippen LogP contribution is -1.97. The molecule has 16 heavy (non-hydrogen) atoms. The van der Waals surface area contributed by atoms with Gasteiger partial charge in [-0.3, -0.25) is 0 Å². The molecule has 82 valence electrons. The quantitative estimate of drug-likeness (QED) is 0.690. The minimum Gasteiger partial charge on any atom is -0.219 e. The van der Waals surface area contributed by atoms with Crippen molar-refractivity contribution >= 4 is 0 Å². The zero-order valence-electron chi connectivity index (χ0n) is 9.44. The fourth-order valence-electron chi connectivity index (χ4n) is 1.65.